The van der Waals surface area contributed by atoms with Crippen molar-refractivity contribution in [1.82, 2.24) is 9.80 Å². The predicted octanol–water partition coefficient (Wildman–Crippen LogP) is 12.6. The van der Waals surface area contributed by atoms with Gasteiger partial charge in [-0.05, 0) is 64.5 Å². The van der Waals surface area contributed by atoms with Crippen LogP contribution in [0.25, 0.3) is 0 Å². The van der Waals surface area contributed by atoms with E-state index in [-0.39, 0.29) is 12.7 Å². The fourth-order valence-electron chi connectivity index (χ4n) is 6.71. The molecule has 0 atom stereocenters. The monoisotopic (exact) mass is 741 g/mol. The molecule has 0 aliphatic heterocycles. The zero-order valence-electron chi connectivity index (χ0n) is 35.0. The van der Waals surface area contributed by atoms with Crippen LogP contribution in [0.15, 0.2) is 0 Å². The summed E-state index contributed by atoms with van der Waals surface area (Å²) in [5.41, 5.74) is 0. The molecule has 0 aliphatic rings. The molecule has 0 spiro atoms. The molecule has 1 amide bonds. The van der Waals surface area contributed by atoms with E-state index in [0.717, 1.165) is 103 Å². The van der Waals surface area contributed by atoms with Crippen LogP contribution in [0.4, 0.5) is 9.59 Å². The average molecular weight is 741 g/mol. The first-order valence-corrected chi connectivity index (χ1v) is 22.6. The normalized spacial score (nSPS) is 11.3. The van der Waals surface area contributed by atoms with Crippen LogP contribution < -0.4 is 0 Å². The van der Waals surface area contributed by atoms with E-state index in [1.165, 1.54) is 116 Å². The number of nitrogens with zero attached hydrogens (tertiary/aromatic N) is 2. The summed E-state index contributed by atoms with van der Waals surface area (Å²) in [5, 5.41) is 9.53. The van der Waals surface area contributed by atoms with E-state index in [1.54, 1.807) is 0 Å². The molecule has 1 N–H and O–H groups in total. The minimum absolute atomic E-state index is 0.118. The predicted molar refractivity (Wildman–Crippen MR) is 219 cm³/mol. The molecule has 8 nitrogen and oxygen atoms in total. The molecule has 0 aromatic rings. The van der Waals surface area contributed by atoms with E-state index in [0.29, 0.717) is 26.4 Å². The van der Waals surface area contributed by atoms with Crippen molar-refractivity contribution in [3.05, 3.63) is 0 Å². The average Bonchev–Trinajstić information content (AvgIpc) is 3.14. The van der Waals surface area contributed by atoms with E-state index in [2.05, 4.69) is 25.7 Å². The van der Waals surface area contributed by atoms with Gasteiger partial charge < -0.3 is 29.1 Å². The maximum atomic E-state index is 12.9. The second-order valence-electron chi connectivity index (χ2n) is 15.2. The fourth-order valence-corrected chi connectivity index (χ4v) is 6.71. The Labute approximate surface area is 322 Å². The summed E-state index contributed by atoms with van der Waals surface area (Å²) in [6, 6.07) is 0. The van der Waals surface area contributed by atoms with Crippen molar-refractivity contribution < 1.29 is 28.9 Å². The van der Waals surface area contributed by atoms with Gasteiger partial charge in [0, 0.05) is 19.6 Å². The van der Waals surface area contributed by atoms with Gasteiger partial charge >= 0.3 is 12.2 Å². The molecule has 0 radical (unpaired) electrons. The number of carbonyl (C=O) groups is 2. The maximum absolute atomic E-state index is 12.9. The summed E-state index contributed by atoms with van der Waals surface area (Å²) < 4.78 is 16.2. The van der Waals surface area contributed by atoms with Crippen molar-refractivity contribution in [3.8, 4) is 0 Å². The highest BCUT2D eigenvalue weighted by molar-refractivity contribution is 5.67. The summed E-state index contributed by atoms with van der Waals surface area (Å²) in [7, 11) is 0. The summed E-state index contributed by atoms with van der Waals surface area (Å²) in [6.45, 7) is 12.6. The number of rotatable bonds is 41. The number of hydrogen-bond donors (Lipinski definition) is 1. The number of carbonyl (C=O) groups excluding carboxylic acids is 2. The van der Waals surface area contributed by atoms with Gasteiger partial charge in [-0.2, -0.15) is 0 Å². The van der Waals surface area contributed by atoms with Crippen molar-refractivity contribution >= 4 is 12.2 Å². The molecule has 0 saturated carbocycles. The lowest BCUT2D eigenvalue weighted by Crippen LogP contribution is -2.33. The molecule has 0 heterocycles. The first kappa shape index (κ1) is 50.5. The summed E-state index contributed by atoms with van der Waals surface area (Å²) in [6.07, 6.45) is 35.0. The Morgan fingerprint density at radius 3 is 1.08 bits per heavy atom. The Morgan fingerprint density at radius 2 is 0.692 bits per heavy atom. The van der Waals surface area contributed by atoms with Crippen LogP contribution in [0.3, 0.4) is 0 Å². The van der Waals surface area contributed by atoms with Crippen LogP contribution >= 0.6 is 0 Å². The molecule has 0 aliphatic carbocycles. The largest absolute Gasteiger partial charge is 0.508 e. The van der Waals surface area contributed by atoms with Gasteiger partial charge in [0.25, 0.3) is 0 Å². The highest BCUT2D eigenvalue weighted by Gasteiger charge is 2.14. The second kappa shape index (κ2) is 42.2. The number of aliphatic hydroxyl groups is 1. The van der Waals surface area contributed by atoms with Crippen LogP contribution in [0.5, 0.6) is 0 Å². The Balaban J connectivity index is 3.91. The lowest BCUT2D eigenvalue weighted by atomic mass is 10.1. The van der Waals surface area contributed by atoms with Gasteiger partial charge in [0.05, 0.1) is 26.4 Å². The maximum Gasteiger partial charge on any atom is 0.508 e. The molecule has 0 fully saturated rings. The third-order valence-electron chi connectivity index (χ3n) is 10.1. The molecule has 0 aromatic carbocycles. The number of amides is 1. The third kappa shape index (κ3) is 36.8. The van der Waals surface area contributed by atoms with Crippen LogP contribution in [0.2, 0.25) is 0 Å². The van der Waals surface area contributed by atoms with Gasteiger partial charge in [-0.15, -0.1) is 0 Å². The summed E-state index contributed by atoms with van der Waals surface area (Å²) >= 11 is 0. The first-order chi connectivity index (χ1) is 25.6. The van der Waals surface area contributed by atoms with E-state index in [4.69, 9.17) is 14.2 Å². The fraction of sp³-hybridized carbons (Fsp3) is 0.955. The molecule has 52 heavy (non-hydrogen) atoms. The van der Waals surface area contributed by atoms with Crippen LogP contribution in [0, 0.1) is 0 Å². The van der Waals surface area contributed by atoms with Crippen molar-refractivity contribution in [3.63, 3.8) is 0 Å². The van der Waals surface area contributed by atoms with Crippen LogP contribution in [0.1, 0.15) is 213 Å². The molecule has 0 saturated heterocycles. The van der Waals surface area contributed by atoms with E-state index >= 15 is 0 Å². The second-order valence-corrected chi connectivity index (χ2v) is 15.2. The van der Waals surface area contributed by atoms with E-state index in [9.17, 15) is 14.7 Å². The summed E-state index contributed by atoms with van der Waals surface area (Å²) in [4.78, 5) is 29.0. The zero-order chi connectivity index (χ0) is 38.0. The Morgan fingerprint density at radius 1 is 0.385 bits per heavy atom. The summed E-state index contributed by atoms with van der Waals surface area (Å²) in [5.74, 6) is 0. The van der Waals surface area contributed by atoms with Crippen molar-refractivity contribution in [2.45, 2.75) is 213 Å². The van der Waals surface area contributed by atoms with Crippen LogP contribution in [-0.4, -0.2) is 86.3 Å². The molecular formula is C44H88N2O6. The van der Waals surface area contributed by atoms with E-state index in [1.807, 2.05) is 4.90 Å². The third-order valence-corrected chi connectivity index (χ3v) is 10.1. The van der Waals surface area contributed by atoms with Gasteiger partial charge in [0.2, 0.25) is 0 Å². The lowest BCUT2D eigenvalue weighted by Gasteiger charge is -2.22. The van der Waals surface area contributed by atoms with Crippen molar-refractivity contribution in [1.29, 1.82) is 0 Å². The number of unbranched alkanes of at least 4 members (excludes halogenated alkanes) is 25. The zero-order valence-corrected chi connectivity index (χ0v) is 35.0. The molecule has 0 bridgehead atoms. The van der Waals surface area contributed by atoms with Gasteiger partial charge in [0.15, 0.2) is 0 Å². The number of hydrogen-bond acceptors (Lipinski definition) is 7. The lowest BCUT2D eigenvalue weighted by molar-refractivity contribution is 0.0527. The molecular weight excluding hydrogens is 652 g/mol. The number of ether oxygens (including phenoxy) is 3. The van der Waals surface area contributed by atoms with Crippen molar-refractivity contribution in [2.75, 3.05) is 59.2 Å². The van der Waals surface area contributed by atoms with E-state index < -0.39 is 6.16 Å². The van der Waals surface area contributed by atoms with Crippen LogP contribution in [-0.2, 0) is 14.2 Å². The molecule has 310 valence electrons. The van der Waals surface area contributed by atoms with Gasteiger partial charge in [-0.25, -0.2) is 9.59 Å². The van der Waals surface area contributed by atoms with Gasteiger partial charge in [-0.3, -0.25) is 0 Å². The highest BCUT2D eigenvalue weighted by atomic mass is 16.7. The van der Waals surface area contributed by atoms with Gasteiger partial charge in [0.1, 0.15) is 0 Å². The first-order valence-electron chi connectivity index (χ1n) is 22.6. The minimum Gasteiger partial charge on any atom is -0.449 e. The minimum atomic E-state index is -0.537. The SMILES string of the molecule is CCCCCCCCCCCCOC(=O)OCCCCCN(CCO)CCCCCCCOC(=O)N(CCCCCCCC)CCCCCCCC. The Hall–Kier alpha value is -1.54. The topological polar surface area (TPSA) is 88.5 Å². The molecule has 0 aromatic heterocycles. The molecule has 8 heteroatoms. The Bertz CT molecular complexity index is 724. The quantitative estimate of drug-likeness (QED) is 0.0493. The van der Waals surface area contributed by atoms with Gasteiger partial charge in [-0.1, -0.05) is 162 Å². The number of aliphatic hydroxyl groups excluding tert-OH is 1. The molecule has 0 rings (SSSR count). The Kier molecular flexibility index (Phi) is 41.0. The standard InChI is InChI=1S/C44H88N2O6/c1-4-7-10-13-16-17-18-19-24-32-41-51-44(49)52-42-33-26-28-35-45(38-39-47)34-27-21-20-25-31-40-50-43(48)46(36-29-22-14-11-8-5-2)37-30-23-15-12-9-6-3/h47H,4-42H2,1-3H3. The smallest absolute Gasteiger partial charge is 0.449 e. The highest BCUT2D eigenvalue weighted by Crippen LogP contribution is 2.13. The van der Waals surface area contributed by atoms with Crippen molar-refractivity contribution in [2.24, 2.45) is 0 Å². The molecule has 0 unspecified atom stereocenters.